The van der Waals surface area contributed by atoms with Crippen molar-refractivity contribution < 1.29 is 4.74 Å². The van der Waals surface area contributed by atoms with Gasteiger partial charge in [0.05, 0.1) is 7.11 Å². The largest absolute Gasteiger partial charge is 0.491 e. The van der Waals surface area contributed by atoms with E-state index in [0.717, 1.165) is 18.8 Å². The van der Waals surface area contributed by atoms with Gasteiger partial charge in [0, 0.05) is 26.0 Å². The summed E-state index contributed by atoms with van der Waals surface area (Å²) in [4.78, 5) is 12.7. The highest BCUT2D eigenvalue weighted by atomic mass is 16.5. The van der Waals surface area contributed by atoms with Gasteiger partial charge in [0.25, 0.3) is 0 Å². The summed E-state index contributed by atoms with van der Waals surface area (Å²) in [5.74, 6) is 2.08. The molecule has 0 aliphatic rings. The van der Waals surface area contributed by atoms with Gasteiger partial charge in [-0.25, -0.2) is 15.0 Å². The minimum Gasteiger partial charge on any atom is -0.491 e. The summed E-state index contributed by atoms with van der Waals surface area (Å²) >= 11 is 0. The molecule has 0 radical (unpaired) electrons. The van der Waals surface area contributed by atoms with Crippen molar-refractivity contribution in [2.75, 3.05) is 19.0 Å². The molecule has 0 aliphatic carbocycles. The molecule has 0 spiro atoms. The van der Waals surface area contributed by atoms with Gasteiger partial charge in [0.2, 0.25) is 0 Å². The second-order valence-electron chi connectivity index (χ2n) is 3.89. The Hall–Kier alpha value is -2.11. The van der Waals surface area contributed by atoms with E-state index in [1.54, 1.807) is 13.3 Å². The molecule has 1 N–H and O–H groups in total. The maximum Gasteiger partial charge on any atom is 0.190 e. The average Bonchev–Trinajstić information content (AvgIpc) is 2.81. The Bertz CT molecular complexity index is 523. The van der Waals surface area contributed by atoms with Crippen molar-refractivity contribution in [1.82, 2.24) is 19.5 Å². The molecule has 0 saturated carbocycles. The molecule has 18 heavy (non-hydrogen) atoms. The molecule has 2 heterocycles. The fourth-order valence-corrected chi connectivity index (χ4v) is 1.69. The Morgan fingerprint density at radius 3 is 2.78 bits per heavy atom. The molecule has 0 aliphatic heterocycles. The predicted octanol–water partition coefficient (Wildman–Crippen LogP) is 1.71. The maximum absolute atomic E-state index is 5.41. The smallest absolute Gasteiger partial charge is 0.190 e. The highest BCUT2D eigenvalue weighted by Gasteiger charge is 2.16. The minimum absolute atomic E-state index is 0.625. The monoisotopic (exact) mass is 247 g/mol. The number of ether oxygens (including phenoxy) is 1. The van der Waals surface area contributed by atoms with Crippen molar-refractivity contribution in [3.63, 3.8) is 0 Å². The Morgan fingerprint density at radius 1 is 1.33 bits per heavy atom. The standard InChI is InChI=1S/C12H17N5O/c1-4-5-13-11-10(18-3)9(15-8-16-11)12-14-6-7-17(12)2/h6-8H,4-5H2,1-3H3,(H,13,15,16). The van der Waals surface area contributed by atoms with Crippen molar-refractivity contribution in [2.24, 2.45) is 7.05 Å². The molecule has 0 unspecified atom stereocenters. The molecular formula is C12H17N5O. The number of imidazole rings is 1. The third-order valence-electron chi connectivity index (χ3n) is 2.58. The van der Waals surface area contributed by atoms with Crippen molar-refractivity contribution in [1.29, 1.82) is 0 Å². The van der Waals surface area contributed by atoms with Gasteiger partial charge in [-0.15, -0.1) is 0 Å². The molecule has 0 fully saturated rings. The van der Waals surface area contributed by atoms with Crippen LogP contribution in [0.2, 0.25) is 0 Å². The van der Waals surface area contributed by atoms with Crippen molar-refractivity contribution in [3.8, 4) is 17.3 Å². The fraction of sp³-hybridized carbons (Fsp3) is 0.417. The van der Waals surface area contributed by atoms with Gasteiger partial charge < -0.3 is 14.6 Å². The van der Waals surface area contributed by atoms with Gasteiger partial charge in [-0.2, -0.15) is 0 Å². The number of aromatic nitrogens is 4. The van der Waals surface area contributed by atoms with Crippen LogP contribution in [-0.2, 0) is 7.05 Å². The van der Waals surface area contributed by atoms with Crippen LogP contribution in [0.5, 0.6) is 5.75 Å². The van der Waals surface area contributed by atoms with Gasteiger partial charge in [-0.3, -0.25) is 0 Å². The van der Waals surface area contributed by atoms with Crippen LogP contribution in [-0.4, -0.2) is 33.2 Å². The first-order valence-corrected chi connectivity index (χ1v) is 5.88. The van der Waals surface area contributed by atoms with Crippen LogP contribution >= 0.6 is 0 Å². The Labute approximate surface area is 106 Å². The molecule has 0 saturated heterocycles. The number of aryl methyl sites for hydroxylation is 1. The van der Waals surface area contributed by atoms with Gasteiger partial charge in [-0.05, 0) is 6.42 Å². The van der Waals surface area contributed by atoms with Crippen LogP contribution in [0.3, 0.4) is 0 Å². The van der Waals surface area contributed by atoms with Crippen molar-refractivity contribution in [3.05, 3.63) is 18.7 Å². The van der Waals surface area contributed by atoms with E-state index in [9.17, 15) is 0 Å². The summed E-state index contributed by atoms with van der Waals surface area (Å²) in [6.45, 7) is 2.94. The zero-order valence-corrected chi connectivity index (χ0v) is 10.8. The van der Waals surface area contributed by atoms with Crippen LogP contribution < -0.4 is 10.1 Å². The van der Waals surface area contributed by atoms with E-state index in [0.29, 0.717) is 17.3 Å². The second-order valence-corrected chi connectivity index (χ2v) is 3.89. The van der Waals surface area contributed by atoms with E-state index in [-0.39, 0.29) is 0 Å². The normalized spacial score (nSPS) is 10.4. The number of methoxy groups -OCH3 is 1. The van der Waals surface area contributed by atoms with Crippen molar-refractivity contribution in [2.45, 2.75) is 13.3 Å². The van der Waals surface area contributed by atoms with Crippen LogP contribution in [0, 0.1) is 0 Å². The Morgan fingerprint density at radius 2 is 2.17 bits per heavy atom. The topological polar surface area (TPSA) is 64.9 Å². The molecule has 0 bridgehead atoms. The predicted molar refractivity (Wildman–Crippen MR) is 69.6 cm³/mol. The van der Waals surface area contributed by atoms with E-state index >= 15 is 0 Å². The quantitative estimate of drug-likeness (QED) is 0.871. The molecule has 0 amide bonds. The number of nitrogens with one attached hydrogen (secondary N) is 1. The number of hydrogen-bond acceptors (Lipinski definition) is 5. The number of rotatable bonds is 5. The molecule has 0 aromatic carbocycles. The fourth-order valence-electron chi connectivity index (χ4n) is 1.69. The van der Waals surface area contributed by atoms with Crippen molar-refractivity contribution >= 4 is 5.82 Å². The third-order valence-corrected chi connectivity index (χ3v) is 2.58. The summed E-state index contributed by atoms with van der Waals surface area (Å²) < 4.78 is 7.31. The zero-order valence-electron chi connectivity index (χ0n) is 10.8. The molecule has 2 rings (SSSR count). The highest BCUT2D eigenvalue weighted by molar-refractivity contribution is 5.68. The van der Waals surface area contributed by atoms with E-state index in [1.165, 1.54) is 6.33 Å². The van der Waals surface area contributed by atoms with E-state index < -0.39 is 0 Å². The lowest BCUT2D eigenvalue weighted by atomic mass is 10.3. The van der Waals surface area contributed by atoms with E-state index in [4.69, 9.17) is 4.74 Å². The molecule has 6 heteroatoms. The summed E-state index contributed by atoms with van der Waals surface area (Å²) in [6.07, 6.45) is 6.14. The summed E-state index contributed by atoms with van der Waals surface area (Å²) in [5, 5.41) is 3.22. The Kier molecular flexibility index (Phi) is 3.76. The lowest BCUT2D eigenvalue weighted by Gasteiger charge is -2.12. The molecule has 0 atom stereocenters. The molecule has 2 aromatic heterocycles. The van der Waals surface area contributed by atoms with Crippen LogP contribution in [0.25, 0.3) is 11.5 Å². The maximum atomic E-state index is 5.41. The molecular weight excluding hydrogens is 230 g/mol. The first kappa shape index (κ1) is 12.3. The SMILES string of the molecule is CCCNc1ncnc(-c2nccn2C)c1OC. The first-order chi connectivity index (χ1) is 8.77. The van der Waals surface area contributed by atoms with Gasteiger partial charge in [-0.1, -0.05) is 6.92 Å². The second kappa shape index (κ2) is 5.48. The zero-order chi connectivity index (χ0) is 13.0. The van der Waals surface area contributed by atoms with E-state index in [2.05, 4.69) is 27.2 Å². The summed E-state index contributed by atoms with van der Waals surface area (Å²) in [6, 6.07) is 0. The van der Waals surface area contributed by atoms with Gasteiger partial charge in [0.1, 0.15) is 6.33 Å². The van der Waals surface area contributed by atoms with E-state index in [1.807, 2.05) is 17.8 Å². The van der Waals surface area contributed by atoms with Crippen LogP contribution in [0.15, 0.2) is 18.7 Å². The average molecular weight is 247 g/mol. The molecule has 2 aromatic rings. The van der Waals surface area contributed by atoms with Gasteiger partial charge >= 0.3 is 0 Å². The third kappa shape index (κ3) is 2.27. The molecule has 96 valence electrons. The lowest BCUT2D eigenvalue weighted by molar-refractivity contribution is 0.414. The summed E-state index contributed by atoms with van der Waals surface area (Å²) in [5.41, 5.74) is 0.693. The minimum atomic E-state index is 0.625. The molecule has 6 nitrogen and oxygen atoms in total. The highest BCUT2D eigenvalue weighted by Crippen LogP contribution is 2.31. The van der Waals surface area contributed by atoms with Crippen LogP contribution in [0.1, 0.15) is 13.3 Å². The number of nitrogens with zero attached hydrogens (tertiary/aromatic N) is 4. The summed E-state index contributed by atoms with van der Waals surface area (Å²) in [7, 11) is 3.53. The van der Waals surface area contributed by atoms with Gasteiger partial charge in [0.15, 0.2) is 23.1 Å². The first-order valence-electron chi connectivity index (χ1n) is 5.88. The lowest BCUT2D eigenvalue weighted by Crippen LogP contribution is -2.07. The number of hydrogen-bond donors (Lipinski definition) is 1. The van der Waals surface area contributed by atoms with Crippen LogP contribution in [0.4, 0.5) is 5.82 Å². The number of anilines is 1. The Balaban J connectivity index is 2.45.